The summed E-state index contributed by atoms with van der Waals surface area (Å²) in [6, 6.07) is 12.1. The SMILES string of the molecule is COCCCNC(=O)c1ccccc1NC(=S)NC(=O)c1cc(Br)ccc1OC(C)C. The minimum absolute atomic E-state index is 0.0695. The van der Waals surface area contributed by atoms with Gasteiger partial charge in [0, 0.05) is 24.7 Å². The van der Waals surface area contributed by atoms with E-state index in [-0.39, 0.29) is 17.1 Å². The van der Waals surface area contributed by atoms with Gasteiger partial charge in [-0.1, -0.05) is 28.1 Å². The number of rotatable bonds is 9. The normalized spacial score (nSPS) is 10.5. The average molecular weight is 508 g/mol. The summed E-state index contributed by atoms with van der Waals surface area (Å²) in [5.74, 6) is -0.210. The fourth-order valence-corrected chi connectivity index (χ4v) is 3.23. The van der Waals surface area contributed by atoms with Gasteiger partial charge in [0.15, 0.2) is 5.11 Å². The number of anilines is 1. The molecule has 0 atom stereocenters. The molecule has 2 aromatic carbocycles. The van der Waals surface area contributed by atoms with Crippen molar-refractivity contribution in [2.45, 2.75) is 26.4 Å². The number of carbonyl (C=O) groups is 2. The lowest BCUT2D eigenvalue weighted by molar-refractivity contribution is 0.0947. The minimum Gasteiger partial charge on any atom is -0.490 e. The third-order valence-electron chi connectivity index (χ3n) is 4.01. The molecule has 0 saturated carbocycles. The van der Waals surface area contributed by atoms with Crippen LogP contribution in [0.2, 0.25) is 0 Å². The van der Waals surface area contributed by atoms with Crippen LogP contribution < -0.4 is 20.7 Å². The van der Waals surface area contributed by atoms with Crippen molar-refractivity contribution in [3.63, 3.8) is 0 Å². The van der Waals surface area contributed by atoms with Crippen molar-refractivity contribution >= 4 is 50.8 Å². The van der Waals surface area contributed by atoms with E-state index in [4.69, 9.17) is 21.7 Å². The Morgan fingerprint density at radius 1 is 1.10 bits per heavy atom. The molecule has 0 heterocycles. The fraction of sp³-hybridized carbons (Fsp3) is 0.318. The number of hydrogen-bond acceptors (Lipinski definition) is 5. The summed E-state index contributed by atoms with van der Waals surface area (Å²) in [6.45, 7) is 4.82. The first kappa shape index (κ1) is 24.8. The highest BCUT2D eigenvalue weighted by Crippen LogP contribution is 2.24. The number of methoxy groups -OCH3 is 1. The Hall–Kier alpha value is -2.49. The van der Waals surface area contributed by atoms with Crippen molar-refractivity contribution in [2.24, 2.45) is 0 Å². The predicted molar refractivity (Wildman–Crippen MR) is 129 cm³/mol. The van der Waals surface area contributed by atoms with E-state index in [1.165, 1.54) is 0 Å². The van der Waals surface area contributed by atoms with Gasteiger partial charge in [-0.3, -0.25) is 14.9 Å². The molecule has 166 valence electrons. The number of halogens is 1. The fourth-order valence-electron chi connectivity index (χ4n) is 2.66. The number of nitrogens with one attached hydrogen (secondary N) is 3. The monoisotopic (exact) mass is 507 g/mol. The molecule has 31 heavy (non-hydrogen) atoms. The molecular formula is C22H26BrN3O4S. The first-order chi connectivity index (χ1) is 14.8. The second-order valence-electron chi connectivity index (χ2n) is 6.86. The number of hydrogen-bond donors (Lipinski definition) is 3. The van der Waals surface area contributed by atoms with Crippen LogP contribution in [0.4, 0.5) is 5.69 Å². The summed E-state index contributed by atoms with van der Waals surface area (Å²) < 4.78 is 11.4. The Balaban J connectivity index is 2.08. The molecule has 0 unspecified atom stereocenters. The Bertz CT molecular complexity index is 937. The van der Waals surface area contributed by atoms with Gasteiger partial charge in [0.1, 0.15) is 5.75 Å². The minimum atomic E-state index is -0.420. The molecule has 0 saturated heterocycles. The van der Waals surface area contributed by atoms with E-state index < -0.39 is 5.91 Å². The highest BCUT2D eigenvalue weighted by Gasteiger charge is 2.17. The molecule has 0 radical (unpaired) electrons. The van der Waals surface area contributed by atoms with E-state index in [9.17, 15) is 9.59 Å². The number of para-hydroxylation sites is 1. The molecule has 2 amide bonds. The van der Waals surface area contributed by atoms with Crippen LogP contribution in [0, 0.1) is 0 Å². The summed E-state index contributed by atoms with van der Waals surface area (Å²) in [6.07, 6.45) is 0.617. The van der Waals surface area contributed by atoms with E-state index in [0.717, 1.165) is 4.47 Å². The number of ether oxygens (including phenoxy) is 2. The maximum Gasteiger partial charge on any atom is 0.261 e. The highest BCUT2D eigenvalue weighted by molar-refractivity contribution is 9.10. The topological polar surface area (TPSA) is 88.7 Å². The van der Waals surface area contributed by atoms with Crippen molar-refractivity contribution in [1.82, 2.24) is 10.6 Å². The van der Waals surface area contributed by atoms with Gasteiger partial charge < -0.3 is 20.1 Å². The van der Waals surface area contributed by atoms with E-state index in [1.807, 2.05) is 13.8 Å². The van der Waals surface area contributed by atoms with Crippen LogP contribution in [-0.4, -0.2) is 43.3 Å². The van der Waals surface area contributed by atoms with Crippen LogP contribution >= 0.6 is 28.1 Å². The summed E-state index contributed by atoms with van der Waals surface area (Å²) in [4.78, 5) is 25.3. The lowest BCUT2D eigenvalue weighted by atomic mass is 10.1. The molecule has 0 aromatic heterocycles. The smallest absolute Gasteiger partial charge is 0.261 e. The zero-order valence-electron chi connectivity index (χ0n) is 17.7. The van der Waals surface area contributed by atoms with Crippen molar-refractivity contribution in [2.75, 3.05) is 25.6 Å². The van der Waals surface area contributed by atoms with Gasteiger partial charge in [0.25, 0.3) is 11.8 Å². The maximum absolute atomic E-state index is 12.8. The second kappa shape index (κ2) is 12.4. The average Bonchev–Trinajstić information content (AvgIpc) is 2.72. The molecule has 0 bridgehead atoms. The van der Waals surface area contributed by atoms with Crippen molar-refractivity contribution in [3.8, 4) is 5.75 Å². The standard InChI is InChI=1S/C22H26BrN3O4S/c1-14(2)30-19-10-9-15(23)13-17(19)21(28)26-22(31)25-18-8-5-4-7-16(18)20(27)24-11-6-12-29-3/h4-5,7-10,13-14H,6,11-12H2,1-3H3,(H,24,27)(H2,25,26,28,31). The Morgan fingerprint density at radius 3 is 2.55 bits per heavy atom. The number of carbonyl (C=O) groups excluding carboxylic acids is 2. The van der Waals surface area contributed by atoms with Gasteiger partial charge in [0.05, 0.1) is 22.9 Å². The number of amides is 2. The molecular weight excluding hydrogens is 482 g/mol. The number of thiocarbonyl (C=S) groups is 1. The summed E-state index contributed by atoms with van der Waals surface area (Å²) in [5, 5.41) is 8.48. The third kappa shape index (κ3) is 7.93. The molecule has 7 nitrogen and oxygen atoms in total. The first-order valence-electron chi connectivity index (χ1n) is 9.76. The van der Waals surface area contributed by atoms with Crippen molar-refractivity contribution < 1.29 is 19.1 Å². The van der Waals surface area contributed by atoms with Gasteiger partial charge >= 0.3 is 0 Å². The highest BCUT2D eigenvalue weighted by atomic mass is 79.9. The van der Waals surface area contributed by atoms with Crippen LogP contribution in [-0.2, 0) is 4.74 Å². The van der Waals surface area contributed by atoms with Crippen LogP contribution in [0.5, 0.6) is 5.75 Å². The Morgan fingerprint density at radius 2 is 1.84 bits per heavy atom. The molecule has 0 aliphatic rings. The first-order valence-corrected chi connectivity index (χ1v) is 11.0. The lowest BCUT2D eigenvalue weighted by Gasteiger charge is -2.16. The van der Waals surface area contributed by atoms with Crippen LogP contribution in [0.3, 0.4) is 0 Å². The van der Waals surface area contributed by atoms with E-state index in [2.05, 4.69) is 31.9 Å². The van der Waals surface area contributed by atoms with E-state index in [1.54, 1.807) is 49.6 Å². The molecule has 9 heteroatoms. The predicted octanol–water partition coefficient (Wildman–Crippen LogP) is 4.13. The maximum atomic E-state index is 12.8. The molecule has 0 spiro atoms. The van der Waals surface area contributed by atoms with Crippen LogP contribution in [0.15, 0.2) is 46.9 Å². The Labute approximate surface area is 196 Å². The van der Waals surface area contributed by atoms with Crippen molar-refractivity contribution in [1.29, 1.82) is 0 Å². The quantitative estimate of drug-likeness (QED) is 0.349. The van der Waals surface area contributed by atoms with Crippen molar-refractivity contribution in [3.05, 3.63) is 58.1 Å². The van der Waals surface area contributed by atoms with Gasteiger partial charge in [-0.25, -0.2) is 0 Å². The van der Waals surface area contributed by atoms with Crippen LogP contribution in [0.25, 0.3) is 0 Å². The lowest BCUT2D eigenvalue weighted by Crippen LogP contribution is -2.35. The third-order valence-corrected chi connectivity index (χ3v) is 4.70. The van der Waals surface area contributed by atoms with Gasteiger partial charge in [0.2, 0.25) is 0 Å². The largest absolute Gasteiger partial charge is 0.490 e. The molecule has 2 aromatic rings. The molecule has 0 fully saturated rings. The molecule has 0 aliphatic carbocycles. The van der Waals surface area contributed by atoms with Gasteiger partial charge in [-0.05, 0) is 62.8 Å². The van der Waals surface area contributed by atoms with E-state index in [0.29, 0.717) is 42.1 Å². The van der Waals surface area contributed by atoms with Crippen LogP contribution in [0.1, 0.15) is 41.0 Å². The van der Waals surface area contributed by atoms with Gasteiger partial charge in [-0.15, -0.1) is 0 Å². The second-order valence-corrected chi connectivity index (χ2v) is 8.19. The zero-order valence-corrected chi connectivity index (χ0v) is 20.1. The summed E-state index contributed by atoms with van der Waals surface area (Å²) in [5.41, 5.74) is 1.25. The Kier molecular flexibility index (Phi) is 9.90. The molecule has 2 rings (SSSR count). The van der Waals surface area contributed by atoms with E-state index >= 15 is 0 Å². The molecule has 0 aliphatic heterocycles. The zero-order chi connectivity index (χ0) is 22.8. The summed E-state index contributed by atoms with van der Waals surface area (Å²) in [7, 11) is 1.61. The number of benzene rings is 2. The van der Waals surface area contributed by atoms with Gasteiger partial charge in [-0.2, -0.15) is 0 Å². The summed E-state index contributed by atoms with van der Waals surface area (Å²) >= 11 is 8.67. The molecule has 3 N–H and O–H groups in total.